The van der Waals surface area contributed by atoms with E-state index < -0.39 is 12.0 Å². The average molecular weight is 433 g/mol. The molecule has 1 aromatic heterocycles. The Hall–Kier alpha value is -3.61. The number of methoxy groups -OCH3 is 1. The Morgan fingerprint density at radius 2 is 1.91 bits per heavy atom. The minimum atomic E-state index is -0.422. The lowest BCUT2D eigenvalue weighted by Crippen LogP contribution is -2.37. The van der Waals surface area contributed by atoms with Crippen molar-refractivity contribution in [3.8, 4) is 5.75 Å². The first kappa shape index (κ1) is 21.6. The number of aromatic nitrogens is 2. The summed E-state index contributed by atoms with van der Waals surface area (Å²) in [6.45, 7) is 2.96. The van der Waals surface area contributed by atoms with E-state index in [2.05, 4.69) is 10.3 Å². The Bertz CT molecular complexity index is 1090. The van der Waals surface area contributed by atoms with Gasteiger partial charge in [-0.05, 0) is 30.2 Å². The van der Waals surface area contributed by atoms with Gasteiger partial charge in [0.1, 0.15) is 17.6 Å². The molecule has 2 amide bonds. The minimum absolute atomic E-state index is 0.00344. The smallest absolute Gasteiger partial charge is 0.226 e. The van der Waals surface area contributed by atoms with E-state index in [1.54, 1.807) is 18.2 Å². The predicted octanol–water partition coefficient (Wildman–Crippen LogP) is 2.99. The molecule has 4 rings (SSSR count). The molecule has 0 saturated carbocycles. The van der Waals surface area contributed by atoms with Gasteiger partial charge >= 0.3 is 0 Å². The van der Waals surface area contributed by atoms with Crippen molar-refractivity contribution >= 4 is 11.8 Å². The summed E-state index contributed by atoms with van der Waals surface area (Å²) in [4.78, 5) is 32.0. The fourth-order valence-corrected chi connectivity index (χ4v) is 4.02. The molecule has 0 unspecified atom stereocenters. The maximum atomic E-state index is 13.2. The quantitative estimate of drug-likeness (QED) is 0.623. The monoisotopic (exact) mass is 432 g/mol. The number of imidazole rings is 1. The first-order valence-electron chi connectivity index (χ1n) is 10.7. The summed E-state index contributed by atoms with van der Waals surface area (Å²) in [6, 6.07) is 15.3. The molecule has 1 aliphatic rings. The molecule has 7 heteroatoms. The number of amides is 2. The van der Waals surface area contributed by atoms with Crippen LogP contribution in [0.3, 0.4) is 0 Å². The maximum absolute atomic E-state index is 13.2. The van der Waals surface area contributed by atoms with Gasteiger partial charge in [-0.1, -0.05) is 42.0 Å². The second-order valence-corrected chi connectivity index (χ2v) is 8.27. The fraction of sp³-hybridized carbons (Fsp3) is 0.320. The van der Waals surface area contributed by atoms with Crippen LogP contribution in [-0.2, 0) is 23.2 Å². The van der Waals surface area contributed by atoms with Gasteiger partial charge in [0.2, 0.25) is 11.8 Å². The highest BCUT2D eigenvalue weighted by atomic mass is 16.5. The molecule has 166 valence electrons. The molecule has 0 radical (unpaired) electrons. The zero-order chi connectivity index (χ0) is 22.7. The number of benzene rings is 2. The number of hydrogen-bond donors (Lipinski definition) is 1. The number of aryl methyl sites for hydroxylation is 2. The molecule has 1 saturated heterocycles. The lowest BCUT2D eigenvalue weighted by molar-refractivity contribution is -0.129. The van der Waals surface area contributed by atoms with Gasteiger partial charge in [-0.15, -0.1) is 0 Å². The van der Waals surface area contributed by atoms with Gasteiger partial charge < -0.3 is 19.5 Å². The van der Waals surface area contributed by atoms with Crippen LogP contribution < -0.4 is 10.1 Å². The van der Waals surface area contributed by atoms with Crippen molar-refractivity contribution in [2.24, 2.45) is 13.0 Å². The second kappa shape index (κ2) is 9.26. The molecule has 2 atom stereocenters. The zero-order valence-corrected chi connectivity index (χ0v) is 18.6. The second-order valence-electron chi connectivity index (χ2n) is 8.27. The van der Waals surface area contributed by atoms with Crippen molar-refractivity contribution in [2.75, 3.05) is 13.7 Å². The van der Waals surface area contributed by atoms with E-state index in [1.807, 2.05) is 73.3 Å². The highest BCUT2D eigenvalue weighted by molar-refractivity contribution is 5.89. The number of carbonyl (C=O) groups excluding carboxylic acids is 2. The van der Waals surface area contributed by atoms with E-state index in [4.69, 9.17) is 4.74 Å². The molecular weight excluding hydrogens is 404 g/mol. The van der Waals surface area contributed by atoms with Crippen LogP contribution in [0, 0.1) is 12.8 Å². The molecule has 1 N–H and O–H groups in total. The summed E-state index contributed by atoms with van der Waals surface area (Å²) in [5, 5.41) is 3.13. The molecule has 1 fully saturated rings. The molecule has 0 spiro atoms. The van der Waals surface area contributed by atoms with E-state index in [0.717, 1.165) is 22.7 Å². The number of rotatable bonds is 7. The Morgan fingerprint density at radius 1 is 1.19 bits per heavy atom. The van der Waals surface area contributed by atoms with Gasteiger partial charge in [-0.2, -0.15) is 0 Å². The van der Waals surface area contributed by atoms with E-state index in [0.29, 0.717) is 13.1 Å². The Morgan fingerprint density at radius 3 is 2.53 bits per heavy atom. The SMILES string of the molecule is COc1ccc([C@@H](NC(=O)[C@H]2CC(=O)N(Cc3ccc(C)cc3)C2)c2nccn2C)cc1. The Labute approximate surface area is 188 Å². The van der Waals surface area contributed by atoms with E-state index in [9.17, 15) is 9.59 Å². The topological polar surface area (TPSA) is 76.5 Å². The van der Waals surface area contributed by atoms with Crippen molar-refractivity contribution in [1.29, 1.82) is 0 Å². The van der Waals surface area contributed by atoms with E-state index >= 15 is 0 Å². The maximum Gasteiger partial charge on any atom is 0.226 e. The van der Waals surface area contributed by atoms with Gasteiger partial charge in [0, 0.05) is 39.0 Å². The highest BCUT2D eigenvalue weighted by Crippen LogP contribution is 2.26. The summed E-state index contributed by atoms with van der Waals surface area (Å²) in [5.74, 6) is 0.933. The lowest BCUT2D eigenvalue weighted by atomic mass is 10.0. The molecule has 0 bridgehead atoms. The van der Waals surface area contributed by atoms with Gasteiger partial charge in [-0.3, -0.25) is 9.59 Å². The first-order chi connectivity index (χ1) is 15.4. The third kappa shape index (κ3) is 4.66. The molecule has 2 heterocycles. The minimum Gasteiger partial charge on any atom is -0.497 e. The number of ether oxygens (including phenoxy) is 1. The highest BCUT2D eigenvalue weighted by Gasteiger charge is 2.35. The summed E-state index contributed by atoms with van der Waals surface area (Å²) < 4.78 is 7.14. The Kier molecular flexibility index (Phi) is 6.25. The van der Waals surface area contributed by atoms with Crippen molar-refractivity contribution in [2.45, 2.75) is 25.9 Å². The van der Waals surface area contributed by atoms with Crippen LogP contribution >= 0.6 is 0 Å². The molecule has 32 heavy (non-hydrogen) atoms. The summed E-state index contributed by atoms with van der Waals surface area (Å²) in [6.07, 6.45) is 3.77. The van der Waals surface area contributed by atoms with E-state index in [-0.39, 0.29) is 18.2 Å². The fourth-order valence-electron chi connectivity index (χ4n) is 4.02. The van der Waals surface area contributed by atoms with Crippen LogP contribution in [0.15, 0.2) is 60.9 Å². The molecular formula is C25H28N4O3. The third-order valence-corrected chi connectivity index (χ3v) is 5.93. The molecule has 2 aromatic carbocycles. The molecule has 3 aromatic rings. The van der Waals surface area contributed by atoms with Gasteiger partial charge in [0.05, 0.1) is 13.0 Å². The molecule has 7 nitrogen and oxygen atoms in total. The molecule has 1 aliphatic heterocycles. The van der Waals surface area contributed by atoms with Crippen LogP contribution in [0.5, 0.6) is 5.75 Å². The molecule has 0 aliphatic carbocycles. The van der Waals surface area contributed by atoms with E-state index in [1.165, 1.54) is 5.56 Å². The number of likely N-dealkylation sites (tertiary alicyclic amines) is 1. The number of carbonyl (C=O) groups is 2. The summed E-state index contributed by atoms with van der Waals surface area (Å²) >= 11 is 0. The van der Waals surface area contributed by atoms with Crippen molar-refractivity contribution < 1.29 is 14.3 Å². The van der Waals surface area contributed by atoms with Crippen LogP contribution in [0.25, 0.3) is 0 Å². The lowest BCUT2D eigenvalue weighted by Gasteiger charge is -2.22. The van der Waals surface area contributed by atoms with Crippen molar-refractivity contribution in [3.05, 3.63) is 83.4 Å². The van der Waals surface area contributed by atoms with Gasteiger partial charge in [-0.25, -0.2) is 4.98 Å². The van der Waals surface area contributed by atoms with Crippen LogP contribution in [-0.4, -0.2) is 39.9 Å². The number of hydrogen-bond acceptors (Lipinski definition) is 4. The normalized spacial score (nSPS) is 16.8. The zero-order valence-electron chi connectivity index (χ0n) is 18.6. The van der Waals surface area contributed by atoms with Gasteiger partial charge in [0.15, 0.2) is 0 Å². The van der Waals surface area contributed by atoms with Gasteiger partial charge in [0.25, 0.3) is 0 Å². The third-order valence-electron chi connectivity index (χ3n) is 5.93. The van der Waals surface area contributed by atoms with Crippen LogP contribution in [0.4, 0.5) is 0 Å². The predicted molar refractivity (Wildman–Crippen MR) is 121 cm³/mol. The Balaban J connectivity index is 1.48. The summed E-state index contributed by atoms with van der Waals surface area (Å²) in [5.41, 5.74) is 3.14. The standard InChI is InChI=1S/C25H28N4O3/c1-17-4-6-18(7-5-17)15-29-16-20(14-22(29)30)25(31)27-23(24-26-12-13-28(24)2)19-8-10-21(32-3)11-9-19/h4-13,20,23H,14-16H2,1-3H3,(H,27,31)/t20-,23+/m0/s1. The van der Waals surface area contributed by atoms with Crippen molar-refractivity contribution in [3.63, 3.8) is 0 Å². The number of nitrogens with one attached hydrogen (secondary N) is 1. The first-order valence-corrected chi connectivity index (χ1v) is 10.7. The average Bonchev–Trinajstić information content (AvgIpc) is 3.39. The summed E-state index contributed by atoms with van der Waals surface area (Å²) in [7, 11) is 3.51. The van der Waals surface area contributed by atoms with Crippen LogP contribution in [0.1, 0.15) is 35.0 Å². The van der Waals surface area contributed by atoms with Crippen molar-refractivity contribution in [1.82, 2.24) is 19.8 Å². The number of nitrogens with zero attached hydrogens (tertiary/aromatic N) is 3. The van der Waals surface area contributed by atoms with Crippen LogP contribution in [0.2, 0.25) is 0 Å². The largest absolute Gasteiger partial charge is 0.497 e.